The van der Waals surface area contributed by atoms with Crippen molar-refractivity contribution in [1.29, 1.82) is 0 Å². The highest BCUT2D eigenvalue weighted by atomic mass is 19.1. The van der Waals surface area contributed by atoms with Crippen LogP contribution in [0.5, 0.6) is 5.88 Å². The minimum absolute atomic E-state index is 0.0243. The molecule has 0 unspecified atom stereocenters. The molecule has 2 aromatic heterocycles. The lowest BCUT2D eigenvalue weighted by Crippen LogP contribution is -2.39. The minimum atomic E-state index is -1.52. The van der Waals surface area contributed by atoms with E-state index in [9.17, 15) is 23.9 Å². The van der Waals surface area contributed by atoms with Crippen LogP contribution in [0.15, 0.2) is 17.1 Å². The van der Waals surface area contributed by atoms with Gasteiger partial charge in [0.2, 0.25) is 11.8 Å². The molecule has 3 aliphatic rings. The van der Waals surface area contributed by atoms with Crippen LogP contribution >= 0.6 is 0 Å². The first-order valence-electron chi connectivity index (χ1n) is 10.7. The molecular formula is C21H24FN5O5. The van der Waals surface area contributed by atoms with Crippen molar-refractivity contribution < 1.29 is 23.8 Å². The van der Waals surface area contributed by atoms with Gasteiger partial charge in [0.1, 0.15) is 11.3 Å². The summed E-state index contributed by atoms with van der Waals surface area (Å²) in [5, 5.41) is 17.6. The van der Waals surface area contributed by atoms with Gasteiger partial charge in [-0.2, -0.15) is 9.61 Å². The number of aromatic hydroxyl groups is 1. The molecule has 32 heavy (non-hydrogen) atoms. The number of nitrogens with zero attached hydrogens (tertiary/aromatic N) is 4. The Labute approximate surface area is 182 Å². The van der Waals surface area contributed by atoms with Crippen LogP contribution < -0.4 is 10.9 Å². The Morgan fingerprint density at radius 1 is 1.31 bits per heavy atom. The van der Waals surface area contributed by atoms with Gasteiger partial charge in [0.15, 0.2) is 5.56 Å². The number of hydrogen-bond donors (Lipinski definition) is 2. The van der Waals surface area contributed by atoms with Crippen molar-refractivity contribution >= 4 is 23.5 Å². The van der Waals surface area contributed by atoms with E-state index in [0.717, 1.165) is 17.4 Å². The molecule has 170 valence electrons. The molecule has 1 saturated heterocycles. The first kappa shape index (κ1) is 20.7. The van der Waals surface area contributed by atoms with E-state index in [1.807, 2.05) is 0 Å². The Hall–Kier alpha value is -3.21. The van der Waals surface area contributed by atoms with E-state index in [4.69, 9.17) is 4.74 Å². The maximum Gasteiger partial charge on any atom is 0.291 e. The lowest BCUT2D eigenvalue weighted by Gasteiger charge is -2.25. The fourth-order valence-corrected chi connectivity index (χ4v) is 3.79. The number of hydrogen-bond acceptors (Lipinski definition) is 6. The first-order valence-corrected chi connectivity index (χ1v) is 10.7. The van der Waals surface area contributed by atoms with Gasteiger partial charge in [0.05, 0.1) is 26.0 Å². The Balaban J connectivity index is 1.56. The summed E-state index contributed by atoms with van der Waals surface area (Å²) in [6, 6.07) is -0.0243. The van der Waals surface area contributed by atoms with Gasteiger partial charge >= 0.3 is 0 Å². The standard InChI is InChI=1S/C21H24FN5O5/c22-21(5-6-21)12-26-18-13(1-4-15(28)25-7-9-32-10-8-25)11-23-27(18)20(31)16(19(26)30)17(29)24-14-2-3-14/h1,4,11,14,30H,2-3,5-10,12H2,(H,24,29). The van der Waals surface area contributed by atoms with Gasteiger partial charge in [-0.3, -0.25) is 19.0 Å². The highest BCUT2D eigenvalue weighted by Gasteiger charge is 2.45. The smallest absolute Gasteiger partial charge is 0.291 e. The molecular weight excluding hydrogens is 421 g/mol. The van der Waals surface area contributed by atoms with E-state index in [-0.39, 0.29) is 24.1 Å². The van der Waals surface area contributed by atoms with Crippen LogP contribution in [0.1, 0.15) is 41.6 Å². The number of amides is 2. The number of morpholine rings is 1. The summed E-state index contributed by atoms with van der Waals surface area (Å²) in [6.07, 6.45) is 6.46. The number of fused-ring (bicyclic) bond motifs is 1. The fraction of sp³-hybridized carbons (Fsp3) is 0.524. The van der Waals surface area contributed by atoms with E-state index < -0.39 is 28.6 Å². The van der Waals surface area contributed by atoms with Crippen molar-refractivity contribution in [2.45, 2.75) is 43.9 Å². The Kier molecular flexibility index (Phi) is 5.00. The van der Waals surface area contributed by atoms with E-state index in [0.29, 0.717) is 44.7 Å². The second-order valence-corrected chi connectivity index (χ2v) is 8.59. The normalized spacial score (nSPS) is 20.1. The molecule has 1 aliphatic heterocycles. The van der Waals surface area contributed by atoms with Gasteiger partial charge in [0, 0.05) is 30.8 Å². The summed E-state index contributed by atoms with van der Waals surface area (Å²) in [4.78, 5) is 39.7. The molecule has 2 aliphatic carbocycles. The molecule has 0 atom stereocenters. The number of alkyl halides is 1. The summed E-state index contributed by atoms with van der Waals surface area (Å²) in [5.74, 6) is -1.53. The van der Waals surface area contributed by atoms with E-state index in [2.05, 4.69) is 10.4 Å². The van der Waals surface area contributed by atoms with Crippen molar-refractivity contribution in [3.8, 4) is 5.88 Å². The minimum Gasteiger partial charge on any atom is -0.494 e. The van der Waals surface area contributed by atoms with Crippen LogP contribution in [0.2, 0.25) is 0 Å². The maximum atomic E-state index is 14.7. The summed E-state index contributed by atoms with van der Waals surface area (Å²) in [5.41, 5.74) is -2.29. The number of rotatable bonds is 6. The quantitative estimate of drug-likeness (QED) is 0.624. The highest BCUT2D eigenvalue weighted by molar-refractivity contribution is 5.97. The van der Waals surface area contributed by atoms with Crippen molar-refractivity contribution in [1.82, 2.24) is 24.4 Å². The number of aromatic nitrogens is 3. The highest BCUT2D eigenvalue weighted by Crippen LogP contribution is 2.42. The average molecular weight is 445 g/mol. The van der Waals surface area contributed by atoms with Crippen LogP contribution in [0.3, 0.4) is 0 Å². The number of nitrogens with one attached hydrogen (secondary N) is 1. The summed E-state index contributed by atoms with van der Waals surface area (Å²) < 4.78 is 22.1. The Morgan fingerprint density at radius 2 is 2.03 bits per heavy atom. The zero-order chi connectivity index (χ0) is 22.5. The Bertz CT molecular complexity index is 1170. The van der Waals surface area contributed by atoms with Crippen molar-refractivity contribution in [3.05, 3.63) is 33.8 Å². The molecule has 0 spiro atoms. The van der Waals surface area contributed by atoms with Gasteiger partial charge in [-0.1, -0.05) is 0 Å². The topological polar surface area (TPSA) is 118 Å². The fourth-order valence-electron chi connectivity index (χ4n) is 3.79. The third kappa shape index (κ3) is 3.88. The predicted molar refractivity (Wildman–Crippen MR) is 111 cm³/mol. The molecule has 10 nitrogen and oxygen atoms in total. The van der Waals surface area contributed by atoms with Gasteiger partial charge in [-0.05, 0) is 31.8 Å². The molecule has 11 heteroatoms. The molecule has 3 heterocycles. The van der Waals surface area contributed by atoms with Gasteiger partial charge in [0.25, 0.3) is 11.5 Å². The second kappa shape index (κ2) is 7.73. The Morgan fingerprint density at radius 3 is 2.69 bits per heavy atom. The third-order valence-corrected chi connectivity index (χ3v) is 6.01. The number of carbonyl (C=O) groups excluding carboxylic acids is 2. The van der Waals surface area contributed by atoms with Crippen molar-refractivity contribution in [2.24, 2.45) is 0 Å². The molecule has 0 bridgehead atoms. The van der Waals surface area contributed by atoms with E-state index in [1.54, 1.807) is 4.90 Å². The van der Waals surface area contributed by atoms with Crippen LogP contribution in [-0.2, 0) is 16.1 Å². The predicted octanol–water partition coefficient (Wildman–Crippen LogP) is 0.468. The van der Waals surface area contributed by atoms with Gasteiger partial charge < -0.3 is 20.1 Å². The summed E-state index contributed by atoms with van der Waals surface area (Å²) >= 11 is 0. The van der Waals surface area contributed by atoms with Crippen molar-refractivity contribution in [3.63, 3.8) is 0 Å². The summed E-state index contributed by atoms with van der Waals surface area (Å²) in [6.45, 7) is 1.67. The summed E-state index contributed by atoms with van der Waals surface area (Å²) in [7, 11) is 0. The van der Waals surface area contributed by atoms with Crippen LogP contribution in [0.4, 0.5) is 4.39 Å². The third-order valence-electron chi connectivity index (χ3n) is 6.01. The molecule has 5 rings (SSSR count). The first-order chi connectivity index (χ1) is 15.4. The molecule has 0 radical (unpaired) electrons. The van der Waals surface area contributed by atoms with Crippen molar-refractivity contribution in [2.75, 3.05) is 26.3 Å². The average Bonchev–Trinajstić information content (AvgIpc) is 3.69. The molecule has 2 aromatic rings. The molecule has 2 N–H and O–H groups in total. The molecule has 3 fully saturated rings. The lowest BCUT2D eigenvalue weighted by molar-refractivity contribution is -0.129. The van der Waals surface area contributed by atoms with Gasteiger partial charge in [-0.25, -0.2) is 4.39 Å². The SMILES string of the molecule is O=C(NC1CC1)c1c(O)n(CC2(F)CC2)c2c(C=CC(=O)N3CCOCC3)cnn2c1=O. The van der Waals surface area contributed by atoms with Crippen LogP contribution in [-0.4, -0.2) is 74.0 Å². The van der Waals surface area contributed by atoms with Crippen LogP contribution in [0, 0.1) is 0 Å². The largest absolute Gasteiger partial charge is 0.494 e. The number of carbonyl (C=O) groups is 2. The van der Waals surface area contributed by atoms with E-state index in [1.165, 1.54) is 22.9 Å². The molecule has 2 saturated carbocycles. The monoisotopic (exact) mass is 445 g/mol. The zero-order valence-electron chi connectivity index (χ0n) is 17.4. The molecule has 0 aromatic carbocycles. The number of halogens is 1. The zero-order valence-corrected chi connectivity index (χ0v) is 17.4. The van der Waals surface area contributed by atoms with Gasteiger partial charge in [-0.15, -0.1) is 0 Å². The second-order valence-electron chi connectivity index (χ2n) is 8.59. The number of ether oxygens (including phenoxy) is 1. The molecule has 2 amide bonds. The van der Waals surface area contributed by atoms with Crippen LogP contribution in [0.25, 0.3) is 11.7 Å². The van der Waals surface area contributed by atoms with E-state index >= 15 is 0 Å². The lowest BCUT2D eigenvalue weighted by atomic mass is 10.2. The maximum absolute atomic E-state index is 14.7.